The second-order valence-corrected chi connectivity index (χ2v) is 5.95. The Morgan fingerprint density at radius 2 is 1.96 bits per heavy atom. The molecule has 6 heteroatoms. The van der Waals surface area contributed by atoms with E-state index in [0.29, 0.717) is 27.8 Å². The van der Waals surface area contributed by atoms with Crippen molar-refractivity contribution in [1.82, 2.24) is 0 Å². The van der Waals surface area contributed by atoms with Crippen LogP contribution in [0.4, 0.5) is 5.69 Å². The van der Waals surface area contributed by atoms with E-state index in [1.807, 2.05) is 24.3 Å². The number of nitrogens with one attached hydrogen (secondary N) is 1. The predicted molar refractivity (Wildman–Crippen MR) is 96.0 cm³/mol. The van der Waals surface area contributed by atoms with Gasteiger partial charge in [-0.3, -0.25) is 9.59 Å². The standard InChI is InChI=1S/C18H18BrNO4/c1-3-12-4-6-15(7-5-12)20-17(22)11-24-18-13(10-21)8-14(19)9-16(18)23-2/h4-10H,3,11H2,1-2H3,(H,20,22). The highest BCUT2D eigenvalue weighted by Crippen LogP contribution is 2.33. The maximum Gasteiger partial charge on any atom is 0.262 e. The van der Waals surface area contributed by atoms with Crippen LogP contribution < -0.4 is 14.8 Å². The van der Waals surface area contributed by atoms with Crippen LogP contribution in [0.3, 0.4) is 0 Å². The van der Waals surface area contributed by atoms with Gasteiger partial charge in [0.25, 0.3) is 5.91 Å². The van der Waals surface area contributed by atoms with Crippen molar-refractivity contribution in [2.75, 3.05) is 19.0 Å². The van der Waals surface area contributed by atoms with Gasteiger partial charge in [0.15, 0.2) is 24.4 Å². The molecule has 0 atom stereocenters. The second kappa shape index (κ2) is 8.49. The fourth-order valence-corrected chi connectivity index (χ4v) is 2.60. The molecule has 0 aliphatic carbocycles. The van der Waals surface area contributed by atoms with E-state index < -0.39 is 0 Å². The summed E-state index contributed by atoms with van der Waals surface area (Å²) in [5, 5.41) is 2.75. The van der Waals surface area contributed by atoms with E-state index in [0.717, 1.165) is 6.42 Å². The van der Waals surface area contributed by atoms with Crippen LogP contribution in [0.2, 0.25) is 0 Å². The summed E-state index contributed by atoms with van der Waals surface area (Å²) in [5.74, 6) is 0.305. The van der Waals surface area contributed by atoms with Crippen molar-refractivity contribution in [2.24, 2.45) is 0 Å². The van der Waals surface area contributed by atoms with Gasteiger partial charge in [0.2, 0.25) is 0 Å². The third kappa shape index (κ3) is 4.58. The molecule has 2 rings (SSSR count). The van der Waals surface area contributed by atoms with Crippen molar-refractivity contribution in [3.8, 4) is 11.5 Å². The molecule has 0 aromatic heterocycles. The molecule has 5 nitrogen and oxygen atoms in total. The first-order chi connectivity index (χ1) is 11.6. The molecule has 0 bridgehead atoms. The number of aryl methyl sites for hydroxylation is 1. The molecule has 0 spiro atoms. The van der Waals surface area contributed by atoms with E-state index in [1.54, 1.807) is 12.1 Å². The van der Waals surface area contributed by atoms with Crippen molar-refractivity contribution in [3.05, 3.63) is 52.0 Å². The molecule has 126 valence electrons. The SMILES string of the molecule is CCc1ccc(NC(=O)COc2c(C=O)cc(Br)cc2OC)cc1. The van der Waals surface area contributed by atoms with Crippen molar-refractivity contribution >= 4 is 33.8 Å². The smallest absolute Gasteiger partial charge is 0.262 e. The Labute approximate surface area is 149 Å². The molecule has 0 radical (unpaired) electrons. The minimum Gasteiger partial charge on any atom is -0.493 e. The summed E-state index contributed by atoms with van der Waals surface area (Å²) in [7, 11) is 1.47. The van der Waals surface area contributed by atoms with Gasteiger partial charge in [-0.05, 0) is 36.2 Å². The van der Waals surface area contributed by atoms with E-state index in [1.165, 1.54) is 12.7 Å². The molecular weight excluding hydrogens is 374 g/mol. The molecule has 0 saturated carbocycles. The highest BCUT2D eigenvalue weighted by atomic mass is 79.9. The number of amides is 1. The summed E-state index contributed by atoms with van der Waals surface area (Å²) in [4.78, 5) is 23.2. The lowest BCUT2D eigenvalue weighted by molar-refractivity contribution is -0.118. The van der Waals surface area contributed by atoms with Crippen LogP contribution in [0.1, 0.15) is 22.8 Å². The number of carbonyl (C=O) groups is 2. The summed E-state index contributed by atoms with van der Waals surface area (Å²) in [6.45, 7) is 1.84. The zero-order valence-corrected chi connectivity index (χ0v) is 15.1. The normalized spacial score (nSPS) is 10.1. The first kappa shape index (κ1) is 18.0. The molecule has 1 N–H and O–H groups in total. The van der Waals surface area contributed by atoms with Crippen LogP contribution in [0, 0.1) is 0 Å². The van der Waals surface area contributed by atoms with Crippen molar-refractivity contribution in [1.29, 1.82) is 0 Å². The van der Waals surface area contributed by atoms with Crippen LogP contribution in [0.25, 0.3) is 0 Å². The van der Waals surface area contributed by atoms with E-state index in [-0.39, 0.29) is 18.3 Å². The summed E-state index contributed by atoms with van der Waals surface area (Å²) in [5.41, 5.74) is 2.19. The van der Waals surface area contributed by atoms with Crippen LogP contribution >= 0.6 is 15.9 Å². The molecule has 24 heavy (non-hydrogen) atoms. The van der Waals surface area contributed by atoms with E-state index in [9.17, 15) is 9.59 Å². The molecule has 0 unspecified atom stereocenters. The zero-order valence-electron chi connectivity index (χ0n) is 13.5. The molecule has 0 heterocycles. The largest absolute Gasteiger partial charge is 0.493 e. The Hall–Kier alpha value is -2.34. The summed E-state index contributed by atoms with van der Waals surface area (Å²) in [6.07, 6.45) is 1.60. The van der Waals surface area contributed by atoms with E-state index in [4.69, 9.17) is 9.47 Å². The van der Waals surface area contributed by atoms with Gasteiger partial charge in [0, 0.05) is 10.2 Å². The number of halogens is 1. The van der Waals surface area contributed by atoms with Gasteiger partial charge in [-0.25, -0.2) is 0 Å². The molecule has 0 aliphatic rings. The lowest BCUT2D eigenvalue weighted by atomic mass is 10.1. The summed E-state index contributed by atoms with van der Waals surface area (Å²) >= 11 is 3.29. The maximum atomic E-state index is 12.0. The molecule has 2 aromatic rings. The summed E-state index contributed by atoms with van der Waals surface area (Å²) in [6, 6.07) is 10.9. The number of anilines is 1. The lowest BCUT2D eigenvalue weighted by Gasteiger charge is -2.13. The number of rotatable bonds is 7. The molecular formula is C18H18BrNO4. The van der Waals surface area contributed by atoms with Gasteiger partial charge < -0.3 is 14.8 Å². The van der Waals surface area contributed by atoms with Gasteiger partial charge in [0.1, 0.15) is 0 Å². The monoisotopic (exact) mass is 391 g/mol. The molecule has 0 saturated heterocycles. The van der Waals surface area contributed by atoms with Crippen molar-refractivity contribution in [2.45, 2.75) is 13.3 Å². The fraction of sp³-hybridized carbons (Fsp3) is 0.222. The first-order valence-electron chi connectivity index (χ1n) is 7.41. The van der Waals surface area contributed by atoms with E-state index in [2.05, 4.69) is 28.2 Å². The number of methoxy groups -OCH3 is 1. The number of hydrogen-bond acceptors (Lipinski definition) is 4. The summed E-state index contributed by atoms with van der Waals surface area (Å²) < 4.78 is 11.4. The predicted octanol–water partition coefficient (Wildman–Crippen LogP) is 3.85. The Morgan fingerprint density at radius 3 is 2.54 bits per heavy atom. The maximum absolute atomic E-state index is 12.0. The second-order valence-electron chi connectivity index (χ2n) is 5.03. The number of carbonyl (C=O) groups excluding carboxylic acids is 2. The van der Waals surface area contributed by atoms with Crippen LogP contribution in [0.15, 0.2) is 40.9 Å². The minimum absolute atomic E-state index is 0.228. The molecule has 2 aromatic carbocycles. The Bertz CT molecular complexity index is 729. The average molecular weight is 392 g/mol. The molecule has 0 aliphatic heterocycles. The van der Waals surface area contributed by atoms with Gasteiger partial charge in [-0.15, -0.1) is 0 Å². The Kier molecular flexibility index (Phi) is 6.37. The number of benzene rings is 2. The lowest BCUT2D eigenvalue weighted by Crippen LogP contribution is -2.20. The van der Waals surface area contributed by atoms with Gasteiger partial charge in [0.05, 0.1) is 12.7 Å². The van der Waals surface area contributed by atoms with Crippen LogP contribution in [-0.2, 0) is 11.2 Å². The first-order valence-corrected chi connectivity index (χ1v) is 8.21. The van der Waals surface area contributed by atoms with Crippen molar-refractivity contribution < 1.29 is 19.1 Å². The van der Waals surface area contributed by atoms with Gasteiger partial charge in [-0.1, -0.05) is 35.0 Å². The third-order valence-corrected chi connectivity index (χ3v) is 3.85. The number of ether oxygens (including phenoxy) is 2. The third-order valence-electron chi connectivity index (χ3n) is 3.39. The number of aldehydes is 1. The Balaban J connectivity index is 2.04. The minimum atomic E-state index is -0.318. The highest BCUT2D eigenvalue weighted by Gasteiger charge is 2.14. The zero-order chi connectivity index (χ0) is 17.5. The van der Waals surface area contributed by atoms with E-state index >= 15 is 0 Å². The Morgan fingerprint density at radius 1 is 1.25 bits per heavy atom. The quantitative estimate of drug-likeness (QED) is 0.727. The van der Waals surface area contributed by atoms with Gasteiger partial charge in [-0.2, -0.15) is 0 Å². The fourth-order valence-electron chi connectivity index (χ4n) is 2.14. The average Bonchev–Trinajstić information content (AvgIpc) is 2.60. The topological polar surface area (TPSA) is 64.6 Å². The van der Waals surface area contributed by atoms with Gasteiger partial charge >= 0.3 is 0 Å². The van der Waals surface area contributed by atoms with Crippen LogP contribution in [0.5, 0.6) is 11.5 Å². The number of hydrogen-bond donors (Lipinski definition) is 1. The van der Waals surface area contributed by atoms with Crippen LogP contribution in [-0.4, -0.2) is 25.9 Å². The van der Waals surface area contributed by atoms with Crippen molar-refractivity contribution in [3.63, 3.8) is 0 Å². The highest BCUT2D eigenvalue weighted by molar-refractivity contribution is 9.10. The molecule has 1 amide bonds. The molecule has 0 fully saturated rings.